The van der Waals surface area contributed by atoms with Crippen LogP contribution in [0.3, 0.4) is 0 Å². The fraction of sp³-hybridized carbons (Fsp3) is 0.400. The van der Waals surface area contributed by atoms with Crippen LogP contribution in [0.5, 0.6) is 0 Å². The number of anilines is 1. The average molecular weight is 551 g/mol. The van der Waals surface area contributed by atoms with E-state index in [4.69, 9.17) is 4.74 Å². The van der Waals surface area contributed by atoms with Gasteiger partial charge in [-0.15, -0.1) is 11.8 Å². The van der Waals surface area contributed by atoms with Crippen molar-refractivity contribution in [1.82, 2.24) is 15.3 Å². The number of carbonyl (C=O) groups is 2. The van der Waals surface area contributed by atoms with Crippen molar-refractivity contribution in [1.29, 1.82) is 0 Å². The smallest absolute Gasteiger partial charge is 0.407 e. The number of nitrogens with one attached hydrogen (secondary N) is 2. The number of amides is 2. The van der Waals surface area contributed by atoms with E-state index < -0.39 is 23.4 Å². The third-order valence-corrected chi connectivity index (χ3v) is 7.39. The van der Waals surface area contributed by atoms with Crippen molar-refractivity contribution >= 4 is 29.4 Å². The number of halogens is 1. The molecule has 2 amide bonds. The van der Waals surface area contributed by atoms with E-state index in [0.717, 1.165) is 23.3 Å². The van der Waals surface area contributed by atoms with Gasteiger partial charge in [0.1, 0.15) is 22.8 Å². The van der Waals surface area contributed by atoms with Crippen LogP contribution in [0.2, 0.25) is 0 Å². The van der Waals surface area contributed by atoms with E-state index in [2.05, 4.69) is 27.5 Å². The summed E-state index contributed by atoms with van der Waals surface area (Å²) in [5, 5.41) is 5.96. The first-order valence-electron chi connectivity index (χ1n) is 13.1. The van der Waals surface area contributed by atoms with E-state index in [1.54, 1.807) is 36.3 Å². The van der Waals surface area contributed by atoms with Crippen molar-refractivity contribution in [3.63, 3.8) is 0 Å². The number of rotatable bonds is 6. The largest absolute Gasteiger partial charge is 0.444 e. The Hall–Kier alpha value is -3.46. The zero-order chi connectivity index (χ0) is 28.2. The molecule has 2 aromatic heterocycles. The summed E-state index contributed by atoms with van der Waals surface area (Å²) >= 11 is 1.59. The van der Waals surface area contributed by atoms with Crippen LogP contribution in [-0.2, 0) is 4.74 Å². The molecule has 1 aromatic carbocycles. The fourth-order valence-electron chi connectivity index (χ4n) is 5.02. The number of thioether (sulfide) groups is 1. The van der Waals surface area contributed by atoms with Crippen molar-refractivity contribution in [2.45, 2.75) is 69.4 Å². The summed E-state index contributed by atoms with van der Waals surface area (Å²) in [6.45, 7) is 7.67. The second kappa shape index (κ2) is 12.2. The molecule has 0 unspecified atom stereocenters. The molecule has 4 rings (SSSR count). The lowest BCUT2D eigenvalue weighted by Gasteiger charge is -2.35. The maximum absolute atomic E-state index is 14.6. The Morgan fingerprint density at radius 1 is 1.05 bits per heavy atom. The molecule has 1 saturated carbocycles. The molecule has 0 bridgehead atoms. The van der Waals surface area contributed by atoms with Gasteiger partial charge in [-0.25, -0.2) is 14.2 Å². The average Bonchev–Trinajstić information content (AvgIpc) is 2.88. The Morgan fingerprint density at radius 3 is 2.49 bits per heavy atom. The number of benzene rings is 1. The van der Waals surface area contributed by atoms with Gasteiger partial charge in [0.2, 0.25) is 0 Å². The number of aromatic nitrogens is 2. The third kappa shape index (κ3) is 7.56. The first-order chi connectivity index (χ1) is 18.5. The lowest BCUT2D eigenvalue weighted by Crippen LogP contribution is -2.42. The molecule has 9 heteroatoms. The topological polar surface area (TPSA) is 93.2 Å². The molecule has 2 heterocycles. The van der Waals surface area contributed by atoms with E-state index in [9.17, 15) is 14.0 Å². The van der Waals surface area contributed by atoms with E-state index in [1.807, 2.05) is 45.2 Å². The first kappa shape index (κ1) is 28.5. The minimum absolute atomic E-state index is 0.0517. The van der Waals surface area contributed by atoms with Crippen LogP contribution < -0.4 is 10.6 Å². The van der Waals surface area contributed by atoms with Crippen LogP contribution in [0.4, 0.5) is 14.9 Å². The minimum atomic E-state index is -0.571. The minimum Gasteiger partial charge on any atom is -0.444 e. The molecule has 7 nitrogen and oxygen atoms in total. The predicted octanol–water partition coefficient (Wildman–Crippen LogP) is 7.05. The Kier molecular flexibility index (Phi) is 8.90. The van der Waals surface area contributed by atoms with Crippen molar-refractivity contribution < 1.29 is 18.7 Å². The highest BCUT2D eigenvalue weighted by atomic mass is 32.2. The Balaban J connectivity index is 1.52. The molecule has 0 spiro atoms. The highest BCUT2D eigenvalue weighted by molar-refractivity contribution is 7.98. The molecule has 206 valence electrons. The third-order valence-electron chi connectivity index (χ3n) is 6.65. The lowest BCUT2D eigenvalue weighted by atomic mass is 9.76. The number of carbonyl (C=O) groups excluding carboxylic acids is 2. The van der Waals surface area contributed by atoms with Gasteiger partial charge in [-0.3, -0.25) is 9.78 Å². The highest BCUT2D eigenvalue weighted by Crippen LogP contribution is 2.39. The molecular weight excluding hydrogens is 515 g/mol. The summed E-state index contributed by atoms with van der Waals surface area (Å²) in [5.41, 5.74) is 1.78. The first-order valence-corrected chi connectivity index (χ1v) is 14.3. The Morgan fingerprint density at radius 2 is 1.79 bits per heavy atom. The van der Waals surface area contributed by atoms with E-state index >= 15 is 0 Å². The van der Waals surface area contributed by atoms with Gasteiger partial charge in [-0.1, -0.05) is 19.1 Å². The number of hydrogen-bond donors (Lipinski definition) is 2. The molecule has 3 atom stereocenters. The normalized spacial score (nSPS) is 19.3. The maximum atomic E-state index is 14.6. The fourth-order valence-corrected chi connectivity index (χ4v) is 5.43. The quantitative estimate of drug-likeness (QED) is 0.319. The predicted molar refractivity (Wildman–Crippen MR) is 153 cm³/mol. The van der Waals surface area contributed by atoms with Crippen molar-refractivity contribution in [3.05, 3.63) is 71.9 Å². The molecule has 1 aliphatic carbocycles. The molecule has 0 radical (unpaired) electrons. The van der Waals surface area contributed by atoms with E-state index in [0.29, 0.717) is 23.6 Å². The number of hydrogen-bond acceptors (Lipinski definition) is 6. The van der Waals surface area contributed by atoms with Crippen molar-refractivity contribution in [2.24, 2.45) is 5.92 Å². The summed E-state index contributed by atoms with van der Waals surface area (Å²) < 4.78 is 20.1. The van der Waals surface area contributed by atoms with Crippen molar-refractivity contribution in [3.8, 4) is 11.3 Å². The molecule has 0 aliphatic heterocycles. The summed E-state index contributed by atoms with van der Waals surface area (Å²) in [5.74, 6) is -0.485. The summed E-state index contributed by atoms with van der Waals surface area (Å²) in [6, 6.07) is 11.9. The SMILES string of the molecule is CSc1ccc(-c2nc(C(=O)Nc3cnccc3[C@@H]3C[C@H](C)C[C@H](NC(=O)OC(C)(C)C)C3)ccc2F)cc1. The molecule has 0 saturated heterocycles. The van der Waals surface area contributed by atoms with Crippen LogP contribution in [0, 0.1) is 11.7 Å². The monoisotopic (exact) mass is 550 g/mol. The van der Waals surface area contributed by atoms with Gasteiger partial charge in [-0.2, -0.15) is 0 Å². The summed E-state index contributed by atoms with van der Waals surface area (Å²) in [4.78, 5) is 35.3. The van der Waals surface area contributed by atoms with Crippen LogP contribution >= 0.6 is 11.8 Å². The molecule has 39 heavy (non-hydrogen) atoms. The van der Waals surface area contributed by atoms with Gasteiger partial charge in [0.05, 0.1) is 11.9 Å². The van der Waals surface area contributed by atoms with Gasteiger partial charge in [-0.05, 0) is 94.0 Å². The molecule has 1 aliphatic rings. The summed E-state index contributed by atoms with van der Waals surface area (Å²) in [7, 11) is 0. The lowest BCUT2D eigenvalue weighted by molar-refractivity contribution is 0.0482. The second-order valence-corrected chi connectivity index (χ2v) is 11.9. The van der Waals surface area contributed by atoms with E-state index in [1.165, 1.54) is 12.1 Å². The van der Waals surface area contributed by atoms with Crippen molar-refractivity contribution in [2.75, 3.05) is 11.6 Å². The molecule has 3 aromatic rings. The molecule has 1 fully saturated rings. The molecular formula is C30H35FN4O3S. The van der Waals surface area contributed by atoms with Crippen LogP contribution in [0.15, 0.2) is 59.8 Å². The number of alkyl carbamates (subject to hydrolysis) is 1. The van der Waals surface area contributed by atoms with E-state index in [-0.39, 0.29) is 23.3 Å². The van der Waals surface area contributed by atoms with Gasteiger partial charge < -0.3 is 15.4 Å². The number of nitrogens with zero attached hydrogens (tertiary/aromatic N) is 2. The van der Waals surface area contributed by atoms with Gasteiger partial charge in [0.25, 0.3) is 5.91 Å². The zero-order valence-corrected chi connectivity index (χ0v) is 23.8. The highest BCUT2D eigenvalue weighted by Gasteiger charge is 2.31. The number of pyridine rings is 2. The number of ether oxygens (including phenoxy) is 1. The second-order valence-electron chi connectivity index (χ2n) is 11.0. The Labute approximate surface area is 233 Å². The Bertz CT molecular complexity index is 1330. The standard InChI is InChI=1S/C30H35FN4O3S/c1-18-14-20(16-21(15-18)33-29(37)38-30(2,3)4)23-12-13-32-17-26(23)35-28(36)25-11-10-24(31)27(34-25)19-6-8-22(39-5)9-7-19/h6-13,17-18,20-21H,14-16H2,1-5H3,(H,33,37)(H,35,36)/t18-,20+,21-/m0/s1. The summed E-state index contributed by atoms with van der Waals surface area (Å²) in [6.07, 6.45) is 7.33. The van der Waals surface area contributed by atoms with Gasteiger partial charge in [0, 0.05) is 22.7 Å². The van der Waals surface area contributed by atoms with Crippen LogP contribution in [-0.4, -0.2) is 39.9 Å². The van der Waals surface area contributed by atoms with Crippen LogP contribution in [0.25, 0.3) is 11.3 Å². The van der Waals surface area contributed by atoms with Crippen LogP contribution in [0.1, 0.15) is 68.9 Å². The zero-order valence-electron chi connectivity index (χ0n) is 23.0. The van der Waals surface area contributed by atoms with Gasteiger partial charge >= 0.3 is 6.09 Å². The van der Waals surface area contributed by atoms with Gasteiger partial charge in [0.15, 0.2) is 0 Å². The maximum Gasteiger partial charge on any atom is 0.407 e. The molecule has 2 N–H and O–H groups in total.